The zero-order valence-electron chi connectivity index (χ0n) is 6.53. The molecule has 2 rings (SSSR count). The van der Waals surface area contributed by atoms with Gasteiger partial charge in [0.25, 0.3) is 0 Å². The summed E-state index contributed by atoms with van der Waals surface area (Å²) in [5, 5.41) is 11.7. The van der Waals surface area contributed by atoms with E-state index in [1.54, 1.807) is 0 Å². The summed E-state index contributed by atoms with van der Waals surface area (Å²) in [5.41, 5.74) is 0. The Labute approximate surface area is 76.7 Å². The second-order valence-corrected chi connectivity index (χ2v) is 3.10. The molecule has 0 aliphatic carbocycles. The van der Waals surface area contributed by atoms with Crippen molar-refractivity contribution in [2.45, 2.75) is 31.1 Å². The summed E-state index contributed by atoms with van der Waals surface area (Å²) < 4.78 is 5.43. The van der Waals surface area contributed by atoms with E-state index in [9.17, 15) is 4.79 Å². The van der Waals surface area contributed by atoms with Crippen molar-refractivity contribution >= 4 is 18.4 Å². The third-order valence-electron chi connectivity index (χ3n) is 2.34. The van der Waals surface area contributed by atoms with Crippen molar-refractivity contribution in [2.24, 2.45) is 0 Å². The molecule has 3 atom stereocenters. The molecule has 2 fully saturated rings. The van der Waals surface area contributed by atoms with Gasteiger partial charge in [0.15, 0.2) is 0 Å². The lowest BCUT2D eigenvalue weighted by Gasteiger charge is -2.27. The molecular formula is C7H12ClNO3. The van der Waals surface area contributed by atoms with Crippen molar-refractivity contribution in [2.75, 3.05) is 6.54 Å². The predicted octanol–water partition coefficient (Wildman–Crippen LogP) is 0.0122. The minimum atomic E-state index is -0.796. The summed E-state index contributed by atoms with van der Waals surface area (Å²) in [6.45, 7) is 0.688. The van der Waals surface area contributed by atoms with Crippen molar-refractivity contribution in [3.05, 3.63) is 0 Å². The normalized spacial score (nSPS) is 38.8. The number of carboxylic acid groups (broad SMARTS) is 1. The van der Waals surface area contributed by atoms with E-state index in [-0.39, 0.29) is 24.6 Å². The zero-order chi connectivity index (χ0) is 7.84. The lowest BCUT2D eigenvalue weighted by atomic mass is 10.1. The first-order valence-corrected chi connectivity index (χ1v) is 3.89. The van der Waals surface area contributed by atoms with Crippen LogP contribution in [0.1, 0.15) is 12.8 Å². The van der Waals surface area contributed by atoms with E-state index in [0.717, 1.165) is 12.8 Å². The molecule has 2 N–H and O–H groups in total. The molecule has 0 aromatic heterocycles. The topological polar surface area (TPSA) is 58.6 Å². The van der Waals surface area contributed by atoms with Crippen molar-refractivity contribution in [1.82, 2.24) is 5.32 Å². The van der Waals surface area contributed by atoms with Gasteiger partial charge in [-0.1, -0.05) is 0 Å². The van der Waals surface area contributed by atoms with Crippen LogP contribution in [0.5, 0.6) is 0 Å². The molecule has 4 nitrogen and oxygen atoms in total. The van der Waals surface area contributed by atoms with Gasteiger partial charge in [0.1, 0.15) is 6.04 Å². The van der Waals surface area contributed by atoms with Gasteiger partial charge in [0, 0.05) is 6.54 Å². The van der Waals surface area contributed by atoms with Gasteiger partial charge in [-0.25, -0.2) is 0 Å². The Kier molecular flexibility index (Phi) is 2.93. The average Bonchev–Trinajstić information content (AvgIpc) is 2.32. The van der Waals surface area contributed by atoms with Crippen molar-refractivity contribution < 1.29 is 14.6 Å². The summed E-state index contributed by atoms with van der Waals surface area (Å²) in [6, 6.07) is -0.478. The molecule has 2 saturated heterocycles. The van der Waals surface area contributed by atoms with Gasteiger partial charge in [-0.2, -0.15) is 0 Å². The minimum Gasteiger partial charge on any atom is -0.480 e. The van der Waals surface area contributed by atoms with Crippen LogP contribution >= 0.6 is 12.4 Å². The maximum Gasteiger partial charge on any atom is 0.323 e. The molecular weight excluding hydrogens is 182 g/mol. The Balaban J connectivity index is 0.000000720. The number of rotatable bonds is 1. The second kappa shape index (κ2) is 3.60. The van der Waals surface area contributed by atoms with Crippen LogP contribution in [-0.4, -0.2) is 35.9 Å². The number of morpholine rings is 1. The Hall–Kier alpha value is -0.320. The third-order valence-corrected chi connectivity index (χ3v) is 2.34. The van der Waals surface area contributed by atoms with Gasteiger partial charge in [0.05, 0.1) is 12.2 Å². The number of aliphatic carboxylic acids is 1. The molecule has 0 spiro atoms. The number of carboxylic acids is 1. The van der Waals surface area contributed by atoms with Crippen LogP contribution in [0.15, 0.2) is 0 Å². The van der Waals surface area contributed by atoms with E-state index in [1.807, 2.05) is 0 Å². The van der Waals surface area contributed by atoms with Gasteiger partial charge in [-0.3, -0.25) is 10.1 Å². The molecule has 12 heavy (non-hydrogen) atoms. The predicted molar refractivity (Wildman–Crippen MR) is 44.6 cm³/mol. The second-order valence-electron chi connectivity index (χ2n) is 3.10. The highest BCUT2D eigenvalue weighted by Gasteiger charge is 2.39. The molecule has 0 aromatic carbocycles. The number of carbonyl (C=O) groups is 1. The van der Waals surface area contributed by atoms with Gasteiger partial charge < -0.3 is 9.84 Å². The fourth-order valence-electron chi connectivity index (χ4n) is 1.77. The minimum absolute atomic E-state index is 0. The van der Waals surface area contributed by atoms with Crippen LogP contribution in [0, 0.1) is 0 Å². The van der Waals surface area contributed by atoms with Gasteiger partial charge >= 0.3 is 5.97 Å². The molecule has 2 bridgehead atoms. The Morgan fingerprint density at radius 2 is 2.25 bits per heavy atom. The van der Waals surface area contributed by atoms with Crippen molar-refractivity contribution in [3.63, 3.8) is 0 Å². The number of hydrogen-bond donors (Lipinski definition) is 2. The summed E-state index contributed by atoms with van der Waals surface area (Å²) in [7, 11) is 0. The monoisotopic (exact) mass is 193 g/mol. The number of nitrogens with one attached hydrogen (secondary N) is 1. The van der Waals surface area contributed by atoms with Crippen LogP contribution in [0.2, 0.25) is 0 Å². The van der Waals surface area contributed by atoms with Crippen LogP contribution in [0.3, 0.4) is 0 Å². The Bertz CT molecular complexity index is 187. The molecule has 0 amide bonds. The highest BCUT2D eigenvalue weighted by molar-refractivity contribution is 5.85. The summed E-state index contributed by atoms with van der Waals surface area (Å²) in [5.74, 6) is -0.796. The molecule has 0 aromatic rings. The molecule has 5 heteroatoms. The first-order chi connectivity index (χ1) is 5.27. The van der Waals surface area contributed by atoms with E-state index >= 15 is 0 Å². The van der Waals surface area contributed by atoms with Gasteiger partial charge in [-0.15, -0.1) is 12.4 Å². The smallest absolute Gasteiger partial charge is 0.323 e. The summed E-state index contributed by atoms with van der Waals surface area (Å²) in [6.07, 6.45) is 2.05. The van der Waals surface area contributed by atoms with E-state index < -0.39 is 12.0 Å². The van der Waals surface area contributed by atoms with Crippen LogP contribution < -0.4 is 5.32 Å². The molecule has 0 radical (unpaired) electrons. The maximum absolute atomic E-state index is 10.6. The number of hydrogen-bond acceptors (Lipinski definition) is 3. The zero-order valence-corrected chi connectivity index (χ0v) is 7.34. The number of ether oxygens (including phenoxy) is 1. The fraction of sp³-hybridized carbons (Fsp3) is 0.857. The van der Waals surface area contributed by atoms with E-state index in [0.29, 0.717) is 6.54 Å². The van der Waals surface area contributed by atoms with Crippen molar-refractivity contribution in [1.29, 1.82) is 0 Å². The molecule has 70 valence electrons. The standard InChI is InChI=1S/C7H11NO3.ClH/c9-7(10)6-5-2-1-4(11-5)3-8-6;/h4-6,8H,1-3H2,(H,9,10);1H. The highest BCUT2D eigenvalue weighted by atomic mass is 35.5. The first-order valence-electron chi connectivity index (χ1n) is 3.89. The largest absolute Gasteiger partial charge is 0.480 e. The molecule has 2 heterocycles. The van der Waals surface area contributed by atoms with Gasteiger partial charge in [-0.05, 0) is 12.8 Å². The lowest BCUT2D eigenvalue weighted by Crippen LogP contribution is -2.52. The molecule has 0 saturated carbocycles. The number of fused-ring (bicyclic) bond motifs is 2. The molecule has 3 unspecified atom stereocenters. The number of halogens is 1. The SMILES string of the molecule is Cl.O=C(O)C1NCC2CCC1O2. The Morgan fingerprint density at radius 3 is 2.92 bits per heavy atom. The van der Waals surface area contributed by atoms with Crippen LogP contribution in [0.25, 0.3) is 0 Å². The fourth-order valence-corrected chi connectivity index (χ4v) is 1.77. The summed E-state index contributed by atoms with van der Waals surface area (Å²) in [4.78, 5) is 10.6. The summed E-state index contributed by atoms with van der Waals surface area (Å²) >= 11 is 0. The van der Waals surface area contributed by atoms with E-state index in [2.05, 4.69) is 5.32 Å². The highest BCUT2D eigenvalue weighted by Crippen LogP contribution is 2.25. The average molecular weight is 194 g/mol. The van der Waals surface area contributed by atoms with Gasteiger partial charge in [0.2, 0.25) is 0 Å². The van der Waals surface area contributed by atoms with E-state index in [1.165, 1.54) is 0 Å². The van der Waals surface area contributed by atoms with Crippen molar-refractivity contribution in [3.8, 4) is 0 Å². The third kappa shape index (κ3) is 1.55. The first kappa shape index (κ1) is 9.77. The van der Waals surface area contributed by atoms with Crippen LogP contribution in [0.4, 0.5) is 0 Å². The maximum atomic E-state index is 10.6. The lowest BCUT2D eigenvalue weighted by molar-refractivity contribution is -0.146. The molecule has 2 aliphatic rings. The molecule has 2 aliphatic heterocycles. The van der Waals surface area contributed by atoms with E-state index in [4.69, 9.17) is 9.84 Å². The quantitative estimate of drug-likeness (QED) is 0.616. The Morgan fingerprint density at radius 1 is 1.50 bits per heavy atom. The van der Waals surface area contributed by atoms with Crippen LogP contribution in [-0.2, 0) is 9.53 Å².